The summed E-state index contributed by atoms with van der Waals surface area (Å²) in [7, 11) is -3.01. The van der Waals surface area contributed by atoms with Gasteiger partial charge in [-0.15, -0.1) is 0 Å². The summed E-state index contributed by atoms with van der Waals surface area (Å²) in [5.74, 6) is -0.247. The van der Waals surface area contributed by atoms with Crippen molar-refractivity contribution in [1.82, 2.24) is 5.32 Å². The molecule has 1 amide bonds. The van der Waals surface area contributed by atoms with E-state index in [1.165, 1.54) is 18.2 Å². The Morgan fingerprint density at radius 1 is 1.22 bits per heavy atom. The molecule has 1 saturated heterocycles. The van der Waals surface area contributed by atoms with Crippen molar-refractivity contribution in [2.75, 3.05) is 11.5 Å². The number of halogens is 2. The molecule has 1 aliphatic heterocycles. The molecule has 2 rings (SSSR count). The monoisotopic (exact) mass is 307 g/mol. The van der Waals surface area contributed by atoms with Gasteiger partial charge in [0.15, 0.2) is 9.84 Å². The Morgan fingerprint density at radius 2 is 1.83 bits per heavy atom. The van der Waals surface area contributed by atoms with Crippen molar-refractivity contribution in [3.8, 4) is 0 Å². The maximum Gasteiger partial charge on any atom is 0.251 e. The molecular formula is C11H11Cl2NO3S. The van der Waals surface area contributed by atoms with Crippen molar-refractivity contribution in [1.29, 1.82) is 0 Å². The highest BCUT2D eigenvalue weighted by molar-refractivity contribution is 7.91. The second kappa shape index (κ2) is 5.07. The van der Waals surface area contributed by atoms with Crippen LogP contribution in [0.1, 0.15) is 16.8 Å². The Kier molecular flexibility index (Phi) is 3.84. The van der Waals surface area contributed by atoms with Gasteiger partial charge < -0.3 is 5.32 Å². The van der Waals surface area contributed by atoms with Crippen LogP contribution in [0.4, 0.5) is 0 Å². The topological polar surface area (TPSA) is 63.2 Å². The number of nitrogens with one attached hydrogen (secondary N) is 1. The second-order valence-corrected chi connectivity index (χ2v) is 7.33. The number of benzene rings is 1. The molecule has 0 spiro atoms. The standard InChI is InChI=1S/C11H11Cl2NO3S/c12-8-3-7(4-9(13)5-8)11(15)14-10-1-2-18(16,17)6-10/h3-5,10H,1-2,6H2,(H,14,15)/t10-/m0/s1. The summed E-state index contributed by atoms with van der Waals surface area (Å²) in [6.45, 7) is 0. The summed E-state index contributed by atoms with van der Waals surface area (Å²) in [5.41, 5.74) is 0.330. The number of carbonyl (C=O) groups excluding carboxylic acids is 1. The van der Waals surface area contributed by atoms with Crippen LogP contribution >= 0.6 is 23.2 Å². The number of carbonyl (C=O) groups is 1. The van der Waals surface area contributed by atoms with Crippen LogP contribution in [0, 0.1) is 0 Å². The zero-order valence-corrected chi connectivity index (χ0v) is 11.6. The molecule has 1 aromatic carbocycles. The minimum atomic E-state index is -3.01. The van der Waals surface area contributed by atoms with Crippen molar-refractivity contribution in [3.05, 3.63) is 33.8 Å². The first-order valence-electron chi connectivity index (χ1n) is 5.33. The Morgan fingerprint density at radius 3 is 2.33 bits per heavy atom. The van der Waals surface area contributed by atoms with Crippen LogP contribution in [-0.2, 0) is 9.84 Å². The first-order chi connectivity index (χ1) is 8.35. The molecule has 0 aliphatic carbocycles. The number of hydrogen-bond acceptors (Lipinski definition) is 3. The molecule has 1 N–H and O–H groups in total. The zero-order chi connectivity index (χ0) is 13.3. The molecule has 98 valence electrons. The van der Waals surface area contributed by atoms with E-state index in [2.05, 4.69) is 5.32 Å². The summed E-state index contributed by atoms with van der Waals surface area (Å²) in [5, 5.41) is 3.40. The van der Waals surface area contributed by atoms with E-state index >= 15 is 0 Å². The predicted octanol–water partition coefficient (Wildman–Crippen LogP) is 1.91. The van der Waals surface area contributed by atoms with Crippen LogP contribution in [-0.4, -0.2) is 31.9 Å². The first kappa shape index (κ1) is 13.6. The van der Waals surface area contributed by atoms with Crippen LogP contribution in [0.5, 0.6) is 0 Å². The fraction of sp³-hybridized carbons (Fsp3) is 0.364. The minimum absolute atomic E-state index is 0.00691. The van der Waals surface area contributed by atoms with Gasteiger partial charge >= 0.3 is 0 Å². The second-order valence-electron chi connectivity index (χ2n) is 4.23. The quantitative estimate of drug-likeness (QED) is 0.908. The van der Waals surface area contributed by atoms with Crippen molar-refractivity contribution >= 4 is 38.9 Å². The molecule has 0 bridgehead atoms. The van der Waals surface area contributed by atoms with E-state index in [-0.39, 0.29) is 23.5 Å². The lowest BCUT2D eigenvalue weighted by atomic mass is 10.2. The Balaban J connectivity index is 2.08. The predicted molar refractivity (Wildman–Crippen MR) is 71.0 cm³/mol. The molecule has 0 aromatic heterocycles. The number of amides is 1. The van der Waals surface area contributed by atoms with Gasteiger partial charge in [-0.1, -0.05) is 23.2 Å². The third-order valence-electron chi connectivity index (χ3n) is 2.69. The van der Waals surface area contributed by atoms with E-state index in [4.69, 9.17) is 23.2 Å². The maximum atomic E-state index is 11.9. The van der Waals surface area contributed by atoms with E-state index in [1.54, 1.807) is 0 Å². The normalized spacial score (nSPS) is 21.8. The van der Waals surface area contributed by atoms with Crippen molar-refractivity contribution in [2.45, 2.75) is 12.5 Å². The average Bonchev–Trinajstić information content (AvgIpc) is 2.56. The van der Waals surface area contributed by atoms with Crippen molar-refractivity contribution < 1.29 is 13.2 Å². The molecule has 1 fully saturated rings. The highest BCUT2D eigenvalue weighted by Crippen LogP contribution is 2.19. The van der Waals surface area contributed by atoms with Gasteiger partial charge in [-0.05, 0) is 24.6 Å². The summed E-state index contributed by atoms with van der Waals surface area (Å²) in [4.78, 5) is 11.9. The molecule has 0 radical (unpaired) electrons. The van der Waals surface area contributed by atoms with Crippen molar-refractivity contribution in [2.24, 2.45) is 0 Å². The fourth-order valence-corrected chi connectivity index (χ4v) is 4.06. The summed E-state index contributed by atoms with van der Waals surface area (Å²) < 4.78 is 22.5. The lowest BCUT2D eigenvalue weighted by Crippen LogP contribution is -2.35. The molecule has 1 aromatic rings. The Labute approximate surface area is 115 Å². The largest absolute Gasteiger partial charge is 0.348 e. The van der Waals surface area contributed by atoms with Gasteiger partial charge in [-0.3, -0.25) is 4.79 Å². The molecule has 0 unspecified atom stereocenters. The van der Waals surface area contributed by atoms with Gasteiger partial charge in [-0.2, -0.15) is 0 Å². The molecule has 18 heavy (non-hydrogen) atoms. The SMILES string of the molecule is O=C(N[C@H]1CCS(=O)(=O)C1)c1cc(Cl)cc(Cl)c1. The molecule has 1 atom stereocenters. The third kappa shape index (κ3) is 3.37. The van der Waals surface area contributed by atoms with E-state index in [0.717, 1.165) is 0 Å². The number of sulfone groups is 1. The summed E-state index contributed by atoms with van der Waals surface area (Å²) in [6, 6.07) is 4.18. The Bertz CT molecular complexity index is 566. The van der Waals surface area contributed by atoms with E-state index in [0.29, 0.717) is 22.0 Å². The summed E-state index contributed by atoms with van der Waals surface area (Å²) in [6.07, 6.45) is 0.447. The van der Waals surface area contributed by atoms with Crippen LogP contribution in [0.3, 0.4) is 0 Å². The molecule has 4 nitrogen and oxygen atoms in total. The zero-order valence-electron chi connectivity index (χ0n) is 9.32. The number of hydrogen-bond donors (Lipinski definition) is 1. The van der Waals surface area contributed by atoms with Gasteiger partial charge in [0.1, 0.15) is 0 Å². The van der Waals surface area contributed by atoms with Gasteiger partial charge in [0.25, 0.3) is 5.91 Å². The third-order valence-corrected chi connectivity index (χ3v) is 4.90. The van der Waals surface area contributed by atoms with E-state index in [9.17, 15) is 13.2 Å². The van der Waals surface area contributed by atoms with Crippen LogP contribution < -0.4 is 5.32 Å². The molecule has 1 aliphatic rings. The lowest BCUT2D eigenvalue weighted by molar-refractivity contribution is 0.0941. The van der Waals surface area contributed by atoms with Gasteiger partial charge in [0.05, 0.1) is 11.5 Å². The summed E-state index contributed by atoms with van der Waals surface area (Å²) >= 11 is 11.6. The fourth-order valence-electron chi connectivity index (χ4n) is 1.86. The smallest absolute Gasteiger partial charge is 0.251 e. The highest BCUT2D eigenvalue weighted by atomic mass is 35.5. The van der Waals surface area contributed by atoms with Crippen LogP contribution in [0.15, 0.2) is 18.2 Å². The van der Waals surface area contributed by atoms with Gasteiger partial charge in [-0.25, -0.2) is 8.42 Å². The van der Waals surface area contributed by atoms with Crippen molar-refractivity contribution in [3.63, 3.8) is 0 Å². The Hall–Kier alpha value is -0.780. The minimum Gasteiger partial charge on any atom is -0.348 e. The van der Waals surface area contributed by atoms with Gasteiger partial charge in [0, 0.05) is 21.7 Å². The van der Waals surface area contributed by atoms with Gasteiger partial charge in [0.2, 0.25) is 0 Å². The first-order valence-corrected chi connectivity index (χ1v) is 7.91. The lowest BCUT2D eigenvalue weighted by Gasteiger charge is -2.11. The van der Waals surface area contributed by atoms with Crippen LogP contribution in [0.2, 0.25) is 10.0 Å². The van der Waals surface area contributed by atoms with E-state index < -0.39 is 9.84 Å². The molecule has 1 heterocycles. The molecule has 0 saturated carbocycles. The molecular weight excluding hydrogens is 297 g/mol. The number of rotatable bonds is 2. The van der Waals surface area contributed by atoms with Crippen LogP contribution in [0.25, 0.3) is 0 Å². The molecule has 7 heteroatoms. The average molecular weight is 308 g/mol. The maximum absolute atomic E-state index is 11.9. The van der Waals surface area contributed by atoms with E-state index in [1.807, 2.05) is 0 Å². The highest BCUT2D eigenvalue weighted by Gasteiger charge is 2.29.